The zero-order valence-corrected chi connectivity index (χ0v) is 24.8. The van der Waals surface area contributed by atoms with Crippen LogP contribution in [0.3, 0.4) is 0 Å². The lowest BCUT2D eigenvalue weighted by molar-refractivity contribution is -0.134. The van der Waals surface area contributed by atoms with E-state index in [2.05, 4.69) is 9.62 Å². The molecule has 1 aliphatic rings. The zero-order chi connectivity index (χ0) is 30.4. The van der Waals surface area contributed by atoms with Gasteiger partial charge in [0.2, 0.25) is 5.91 Å². The number of aliphatic hydroxyl groups excluding tert-OH is 1. The third kappa shape index (κ3) is 7.67. The number of fused-ring (bicyclic) bond motifs is 1. The first-order valence-electron chi connectivity index (χ1n) is 13.8. The smallest absolute Gasteiger partial charge is 0.335 e. The number of anilines is 1. The van der Waals surface area contributed by atoms with E-state index in [0.717, 1.165) is 5.56 Å². The highest BCUT2D eigenvalue weighted by molar-refractivity contribution is 7.92. The summed E-state index contributed by atoms with van der Waals surface area (Å²) in [6, 6.07) is 19.3. The van der Waals surface area contributed by atoms with Crippen LogP contribution < -0.4 is 9.46 Å². The number of sulfonamides is 1. The van der Waals surface area contributed by atoms with Crippen molar-refractivity contribution in [3.8, 4) is 5.75 Å². The standard InChI is InChI=1S/C31H37N3O7S/c1-21-17-34(22(2)20-35)30(36)16-25-15-26(32-42(39,40)27-7-5-4-6-8-27)13-14-28(25)41-29(21)19-33(3)18-23-9-11-24(12-10-23)31(37)38/h4-15,21-22,29,32,35H,16-20H2,1-3H3,(H,37,38)/t21-,22-,29+/m1/s1. The lowest BCUT2D eigenvalue weighted by Gasteiger charge is -2.34. The molecule has 0 unspecified atom stereocenters. The van der Waals surface area contributed by atoms with Gasteiger partial charge in [-0.15, -0.1) is 0 Å². The van der Waals surface area contributed by atoms with Crippen LogP contribution >= 0.6 is 0 Å². The summed E-state index contributed by atoms with van der Waals surface area (Å²) in [7, 11) is -1.90. The molecule has 3 aromatic rings. The molecule has 0 saturated heterocycles. The highest BCUT2D eigenvalue weighted by atomic mass is 32.2. The normalized spacial score (nSPS) is 18.3. The summed E-state index contributed by atoms with van der Waals surface area (Å²) < 4.78 is 35.0. The summed E-state index contributed by atoms with van der Waals surface area (Å²) in [6.45, 7) is 5.01. The van der Waals surface area contributed by atoms with E-state index in [1.54, 1.807) is 72.5 Å². The molecule has 11 heteroatoms. The van der Waals surface area contributed by atoms with Gasteiger partial charge in [-0.3, -0.25) is 14.4 Å². The molecule has 10 nitrogen and oxygen atoms in total. The molecule has 1 heterocycles. The van der Waals surface area contributed by atoms with Crippen LogP contribution in [0.5, 0.6) is 5.75 Å². The van der Waals surface area contributed by atoms with Crippen molar-refractivity contribution >= 4 is 27.6 Å². The minimum absolute atomic E-state index is 0.0220. The van der Waals surface area contributed by atoms with Gasteiger partial charge in [-0.05, 0) is 62.0 Å². The number of nitrogens with one attached hydrogen (secondary N) is 1. The van der Waals surface area contributed by atoms with E-state index < -0.39 is 22.0 Å². The molecule has 3 N–H and O–H groups in total. The van der Waals surface area contributed by atoms with Crippen LogP contribution in [-0.2, 0) is 27.8 Å². The molecule has 0 saturated carbocycles. The Balaban J connectivity index is 1.60. The maximum absolute atomic E-state index is 13.5. The Morgan fingerprint density at radius 1 is 1.12 bits per heavy atom. The number of rotatable bonds is 10. The van der Waals surface area contributed by atoms with Gasteiger partial charge in [0.05, 0.1) is 29.5 Å². The highest BCUT2D eigenvalue weighted by Gasteiger charge is 2.31. The van der Waals surface area contributed by atoms with E-state index in [-0.39, 0.29) is 41.4 Å². The summed E-state index contributed by atoms with van der Waals surface area (Å²) in [5, 5.41) is 19.1. The molecule has 224 valence electrons. The lowest BCUT2D eigenvalue weighted by Crippen LogP contribution is -2.47. The number of carboxylic acids is 1. The van der Waals surface area contributed by atoms with Crippen molar-refractivity contribution in [2.24, 2.45) is 5.92 Å². The van der Waals surface area contributed by atoms with Crippen molar-refractivity contribution in [3.63, 3.8) is 0 Å². The first-order valence-corrected chi connectivity index (χ1v) is 15.2. The lowest BCUT2D eigenvalue weighted by atomic mass is 10.0. The molecule has 3 aromatic carbocycles. The second-order valence-corrected chi connectivity index (χ2v) is 12.5. The summed E-state index contributed by atoms with van der Waals surface area (Å²) in [4.78, 5) is 28.5. The number of benzene rings is 3. The van der Waals surface area contributed by atoms with Crippen molar-refractivity contribution in [3.05, 3.63) is 89.5 Å². The number of nitrogens with zero attached hydrogens (tertiary/aromatic N) is 2. The Labute approximate surface area is 246 Å². The number of carbonyl (C=O) groups is 2. The molecule has 3 atom stereocenters. The van der Waals surface area contributed by atoms with Gasteiger partial charge < -0.3 is 19.8 Å². The van der Waals surface area contributed by atoms with E-state index in [1.165, 1.54) is 12.1 Å². The molecule has 0 radical (unpaired) electrons. The molecule has 0 spiro atoms. The monoisotopic (exact) mass is 595 g/mol. The SMILES string of the molecule is C[C@@H]1CN([C@H](C)CO)C(=O)Cc2cc(NS(=O)(=O)c3ccccc3)ccc2O[C@H]1CN(C)Cc1ccc(C(=O)O)cc1. The van der Waals surface area contributed by atoms with Crippen LogP contribution in [0.1, 0.15) is 35.3 Å². The third-order valence-electron chi connectivity index (χ3n) is 7.37. The number of aromatic carboxylic acids is 1. The number of likely N-dealkylation sites (N-methyl/N-ethyl adjacent to an activating group) is 1. The van der Waals surface area contributed by atoms with Crippen LogP contribution in [0.15, 0.2) is 77.7 Å². The third-order valence-corrected chi connectivity index (χ3v) is 8.76. The van der Waals surface area contributed by atoms with E-state index in [1.807, 2.05) is 14.0 Å². The zero-order valence-electron chi connectivity index (χ0n) is 23.9. The first-order chi connectivity index (χ1) is 20.0. The van der Waals surface area contributed by atoms with E-state index in [0.29, 0.717) is 36.6 Å². The Hall–Kier alpha value is -3.93. The summed E-state index contributed by atoms with van der Waals surface area (Å²) in [5.41, 5.74) is 2.01. The van der Waals surface area contributed by atoms with Crippen LogP contribution in [0.2, 0.25) is 0 Å². The van der Waals surface area contributed by atoms with Gasteiger partial charge in [-0.1, -0.05) is 37.3 Å². The molecular formula is C31H37N3O7S. The molecule has 0 aromatic heterocycles. The van der Waals surface area contributed by atoms with E-state index >= 15 is 0 Å². The molecule has 4 rings (SSSR count). The average Bonchev–Trinajstić information content (AvgIpc) is 3.00. The maximum Gasteiger partial charge on any atom is 0.335 e. The fourth-order valence-corrected chi connectivity index (χ4v) is 6.03. The van der Waals surface area contributed by atoms with Crippen molar-refractivity contribution in [2.45, 2.75) is 43.9 Å². The van der Waals surface area contributed by atoms with Gasteiger partial charge in [0, 0.05) is 36.8 Å². The molecule has 1 amide bonds. The predicted octanol–water partition coefficient (Wildman–Crippen LogP) is 3.47. The number of carbonyl (C=O) groups excluding carboxylic acids is 1. The summed E-state index contributed by atoms with van der Waals surface area (Å²) in [5.74, 6) is -0.792. The Bertz CT molecular complexity index is 1500. The molecule has 0 bridgehead atoms. The van der Waals surface area contributed by atoms with Gasteiger partial charge >= 0.3 is 5.97 Å². The number of carboxylic acid groups (broad SMARTS) is 1. The fraction of sp³-hybridized carbons (Fsp3) is 0.355. The number of hydrogen-bond donors (Lipinski definition) is 3. The minimum atomic E-state index is -3.84. The van der Waals surface area contributed by atoms with Gasteiger partial charge in [0.15, 0.2) is 0 Å². The predicted molar refractivity (Wildman–Crippen MR) is 159 cm³/mol. The summed E-state index contributed by atoms with van der Waals surface area (Å²) in [6.07, 6.45) is -0.371. The highest BCUT2D eigenvalue weighted by Crippen LogP contribution is 2.30. The Kier molecular flexibility index (Phi) is 9.87. The number of aliphatic hydroxyl groups is 1. The number of amides is 1. The minimum Gasteiger partial charge on any atom is -0.488 e. The number of hydrogen-bond acceptors (Lipinski definition) is 7. The van der Waals surface area contributed by atoms with Crippen LogP contribution in [0.25, 0.3) is 0 Å². The van der Waals surface area contributed by atoms with E-state index in [9.17, 15) is 28.2 Å². The van der Waals surface area contributed by atoms with Gasteiger partial charge in [0.25, 0.3) is 10.0 Å². The Morgan fingerprint density at radius 3 is 2.45 bits per heavy atom. The van der Waals surface area contributed by atoms with Crippen molar-refractivity contribution in [2.75, 3.05) is 31.5 Å². The largest absolute Gasteiger partial charge is 0.488 e. The molecule has 0 aliphatic carbocycles. The van der Waals surface area contributed by atoms with Gasteiger partial charge in [-0.2, -0.15) is 0 Å². The average molecular weight is 596 g/mol. The topological polar surface area (TPSA) is 136 Å². The van der Waals surface area contributed by atoms with Crippen molar-refractivity contribution in [1.29, 1.82) is 0 Å². The quantitative estimate of drug-likeness (QED) is 0.324. The molecular weight excluding hydrogens is 558 g/mol. The first kappa shape index (κ1) is 31.0. The molecule has 0 fully saturated rings. The Morgan fingerprint density at radius 2 is 1.81 bits per heavy atom. The summed E-state index contributed by atoms with van der Waals surface area (Å²) >= 11 is 0. The van der Waals surface area contributed by atoms with Gasteiger partial charge in [0.1, 0.15) is 11.9 Å². The second-order valence-electron chi connectivity index (χ2n) is 10.8. The second kappa shape index (κ2) is 13.4. The van der Waals surface area contributed by atoms with Crippen molar-refractivity contribution < 1.29 is 33.0 Å². The van der Waals surface area contributed by atoms with Gasteiger partial charge in [-0.25, -0.2) is 13.2 Å². The maximum atomic E-state index is 13.5. The van der Waals surface area contributed by atoms with Crippen LogP contribution in [-0.4, -0.2) is 79.2 Å². The van der Waals surface area contributed by atoms with Crippen LogP contribution in [0.4, 0.5) is 5.69 Å². The van der Waals surface area contributed by atoms with Crippen molar-refractivity contribution in [1.82, 2.24) is 9.80 Å². The van der Waals surface area contributed by atoms with Crippen LogP contribution in [0, 0.1) is 5.92 Å². The molecule has 1 aliphatic heterocycles. The number of ether oxygens (including phenoxy) is 1. The molecule has 42 heavy (non-hydrogen) atoms. The van der Waals surface area contributed by atoms with E-state index in [4.69, 9.17) is 4.74 Å². The fourth-order valence-electron chi connectivity index (χ4n) is 4.96.